The predicted molar refractivity (Wildman–Crippen MR) is 125 cm³/mol. The summed E-state index contributed by atoms with van der Waals surface area (Å²) in [6.07, 6.45) is -0.167. The number of rotatable bonds is 9. The van der Waals surface area contributed by atoms with E-state index in [1.165, 1.54) is 12.3 Å². The van der Waals surface area contributed by atoms with Crippen LogP contribution in [0.25, 0.3) is 17.3 Å². The molecule has 6 nitrogen and oxygen atoms in total. The molecule has 0 aliphatic heterocycles. The van der Waals surface area contributed by atoms with Crippen LogP contribution in [-0.2, 0) is 20.9 Å². The van der Waals surface area contributed by atoms with Gasteiger partial charge >= 0.3 is 12.1 Å². The van der Waals surface area contributed by atoms with Crippen molar-refractivity contribution in [1.82, 2.24) is 9.55 Å². The number of amides is 1. The first-order chi connectivity index (χ1) is 16.2. The highest BCUT2D eigenvalue weighted by Crippen LogP contribution is 2.30. The van der Waals surface area contributed by atoms with E-state index in [-0.39, 0.29) is 23.4 Å². The molecule has 0 aliphatic rings. The molecule has 0 unspecified atom stereocenters. The van der Waals surface area contributed by atoms with Crippen LogP contribution >= 0.6 is 11.8 Å². The molecule has 1 heterocycles. The zero-order chi connectivity index (χ0) is 24.6. The number of ether oxygens (including phenoxy) is 1. The summed E-state index contributed by atoms with van der Waals surface area (Å²) in [5.41, 5.74) is 2.19. The number of halogens is 3. The number of nitrogens with one attached hydrogen (secondary N) is 1. The topological polar surface area (TPSA) is 73.2 Å². The minimum absolute atomic E-state index is 0.103. The maximum Gasteiger partial charge on any atom is 0.406 e. The number of carbonyl (C=O) groups is 2. The lowest BCUT2D eigenvalue weighted by Crippen LogP contribution is -2.20. The lowest BCUT2D eigenvalue weighted by Gasteiger charge is -2.14. The van der Waals surface area contributed by atoms with E-state index in [1.54, 1.807) is 67.6 Å². The minimum Gasteiger partial charge on any atom is -0.463 e. The van der Waals surface area contributed by atoms with Crippen LogP contribution in [0.15, 0.2) is 72.0 Å². The maximum absolute atomic E-state index is 13.2. The van der Waals surface area contributed by atoms with Gasteiger partial charge in [0.05, 0.1) is 24.3 Å². The van der Waals surface area contributed by atoms with Gasteiger partial charge in [-0.25, -0.2) is 9.78 Å². The van der Waals surface area contributed by atoms with Gasteiger partial charge in [-0.2, -0.15) is 13.2 Å². The van der Waals surface area contributed by atoms with E-state index in [0.717, 1.165) is 21.9 Å². The van der Waals surface area contributed by atoms with Gasteiger partial charge in [0.25, 0.3) is 0 Å². The zero-order valence-corrected chi connectivity index (χ0v) is 19.0. The van der Waals surface area contributed by atoms with Gasteiger partial charge in [-0.3, -0.25) is 4.79 Å². The Balaban J connectivity index is 1.63. The fourth-order valence-corrected chi connectivity index (χ4v) is 3.78. The number of anilines is 1. The van der Waals surface area contributed by atoms with Crippen LogP contribution in [-0.4, -0.2) is 40.0 Å². The molecule has 10 heteroatoms. The molecule has 178 valence electrons. The normalized spacial score (nSPS) is 11.5. The van der Waals surface area contributed by atoms with Crippen LogP contribution in [0.4, 0.5) is 18.9 Å². The molecule has 0 spiro atoms. The Morgan fingerprint density at radius 1 is 1.12 bits per heavy atom. The fourth-order valence-electron chi connectivity index (χ4n) is 3.00. The minimum atomic E-state index is -4.44. The molecule has 3 aromatic rings. The first-order valence-corrected chi connectivity index (χ1v) is 11.3. The average Bonchev–Trinajstić information content (AvgIpc) is 3.19. The first kappa shape index (κ1) is 25.1. The summed E-state index contributed by atoms with van der Waals surface area (Å²) in [5.74, 6) is -0.952. The van der Waals surface area contributed by atoms with Crippen molar-refractivity contribution < 1.29 is 27.5 Å². The Morgan fingerprint density at radius 2 is 1.82 bits per heavy atom. The molecule has 0 bridgehead atoms. The number of imidazole rings is 1. The highest BCUT2D eigenvalue weighted by atomic mass is 32.2. The summed E-state index contributed by atoms with van der Waals surface area (Å²) in [4.78, 5) is 27.8. The summed E-state index contributed by atoms with van der Waals surface area (Å²) in [6.45, 7) is 0.797. The van der Waals surface area contributed by atoms with E-state index < -0.39 is 18.7 Å². The lowest BCUT2D eigenvalue weighted by molar-refractivity contribution is -0.141. The third kappa shape index (κ3) is 7.51. The van der Waals surface area contributed by atoms with Gasteiger partial charge in [-0.1, -0.05) is 54.2 Å². The van der Waals surface area contributed by atoms with E-state index in [9.17, 15) is 22.8 Å². The Kier molecular flexibility index (Phi) is 8.53. The summed E-state index contributed by atoms with van der Waals surface area (Å²) in [7, 11) is 0. The van der Waals surface area contributed by atoms with E-state index in [4.69, 9.17) is 4.74 Å². The van der Waals surface area contributed by atoms with Gasteiger partial charge in [-0.15, -0.1) is 0 Å². The molecule has 3 rings (SSSR count). The molecule has 1 amide bonds. The quantitative estimate of drug-likeness (QED) is 0.247. The number of aromatic nitrogens is 2. The molecule has 34 heavy (non-hydrogen) atoms. The number of hydrogen-bond donors (Lipinski definition) is 1. The van der Waals surface area contributed by atoms with Crippen LogP contribution in [0, 0.1) is 0 Å². The first-order valence-electron chi connectivity index (χ1n) is 10.3. The van der Waals surface area contributed by atoms with Crippen molar-refractivity contribution in [2.75, 3.05) is 17.7 Å². The van der Waals surface area contributed by atoms with Crippen molar-refractivity contribution in [1.29, 1.82) is 0 Å². The highest BCUT2D eigenvalue weighted by molar-refractivity contribution is 7.99. The van der Waals surface area contributed by atoms with Crippen molar-refractivity contribution >= 4 is 35.4 Å². The second-order valence-corrected chi connectivity index (χ2v) is 7.98. The number of carbonyl (C=O) groups excluding carboxylic acids is 2. The number of alkyl halides is 3. The second-order valence-electron chi connectivity index (χ2n) is 7.04. The second kappa shape index (κ2) is 11.6. The highest BCUT2D eigenvalue weighted by Gasteiger charge is 2.31. The smallest absolute Gasteiger partial charge is 0.406 e. The SMILES string of the molecule is CCOC(=O)C=Cc1ccc(NC(=O)CSc2ncc(-c3ccccc3)n2CC(F)(F)F)cc1. The number of benzene rings is 2. The summed E-state index contributed by atoms with van der Waals surface area (Å²) in [6, 6.07) is 15.4. The number of thioether (sulfide) groups is 1. The van der Waals surface area contributed by atoms with Crippen LogP contribution in [0.1, 0.15) is 12.5 Å². The summed E-state index contributed by atoms with van der Waals surface area (Å²) >= 11 is 0.927. The lowest BCUT2D eigenvalue weighted by atomic mass is 10.2. The van der Waals surface area contributed by atoms with Gasteiger partial charge in [0.15, 0.2) is 5.16 Å². The molecule has 0 radical (unpaired) electrons. The van der Waals surface area contributed by atoms with Gasteiger partial charge in [0, 0.05) is 11.8 Å². The molecule has 0 atom stereocenters. The molecule has 1 aromatic heterocycles. The molecular weight excluding hydrogens is 467 g/mol. The van der Waals surface area contributed by atoms with Crippen molar-refractivity contribution in [3.63, 3.8) is 0 Å². The van der Waals surface area contributed by atoms with Gasteiger partial charge in [-0.05, 0) is 36.3 Å². The molecule has 2 aromatic carbocycles. The van der Waals surface area contributed by atoms with Gasteiger partial charge < -0.3 is 14.6 Å². The molecule has 0 aliphatic carbocycles. The Hall–Kier alpha value is -3.53. The van der Waals surface area contributed by atoms with Crippen molar-refractivity contribution in [3.8, 4) is 11.3 Å². The summed E-state index contributed by atoms with van der Waals surface area (Å²) in [5, 5.41) is 2.80. The number of hydrogen-bond acceptors (Lipinski definition) is 5. The molecule has 0 saturated carbocycles. The Morgan fingerprint density at radius 3 is 2.47 bits per heavy atom. The molecular formula is C24H22F3N3O3S. The fraction of sp³-hybridized carbons (Fsp3) is 0.208. The third-order valence-electron chi connectivity index (χ3n) is 4.45. The maximum atomic E-state index is 13.2. The molecule has 0 fully saturated rings. The zero-order valence-electron chi connectivity index (χ0n) is 18.2. The standard InChI is InChI=1S/C24H22F3N3O3S/c1-2-33-22(32)13-10-17-8-11-19(12-9-17)29-21(31)15-34-23-28-14-20(18-6-4-3-5-7-18)30(23)16-24(25,26)27/h3-14H,2,15-16H2,1H3,(H,29,31). The summed E-state index contributed by atoms with van der Waals surface area (Å²) < 4.78 is 45.4. The predicted octanol–water partition coefficient (Wildman–Crippen LogP) is 5.42. The van der Waals surface area contributed by atoms with Crippen LogP contribution < -0.4 is 5.32 Å². The van der Waals surface area contributed by atoms with E-state index in [1.807, 2.05) is 0 Å². The molecule has 0 saturated heterocycles. The van der Waals surface area contributed by atoms with Crippen LogP contribution in [0.5, 0.6) is 0 Å². The average molecular weight is 490 g/mol. The van der Waals surface area contributed by atoms with Crippen LogP contribution in [0.2, 0.25) is 0 Å². The van der Waals surface area contributed by atoms with E-state index >= 15 is 0 Å². The van der Waals surface area contributed by atoms with Crippen molar-refractivity contribution in [2.24, 2.45) is 0 Å². The third-order valence-corrected chi connectivity index (χ3v) is 5.44. The Bertz CT molecular complexity index is 1140. The van der Waals surface area contributed by atoms with Crippen molar-refractivity contribution in [3.05, 3.63) is 72.4 Å². The van der Waals surface area contributed by atoms with Crippen LogP contribution in [0.3, 0.4) is 0 Å². The van der Waals surface area contributed by atoms with Gasteiger partial charge in [0.2, 0.25) is 5.91 Å². The number of esters is 1. The van der Waals surface area contributed by atoms with Gasteiger partial charge in [0.1, 0.15) is 6.54 Å². The Labute approximate surface area is 198 Å². The largest absolute Gasteiger partial charge is 0.463 e. The van der Waals surface area contributed by atoms with E-state index in [2.05, 4.69) is 10.3 Å². The number of nitrogens with zero attached hydrogens (tertiary/aromatic N) is 2. The van der Waals surface area contributed by atoms with Crippen molar-refractivity contribution in [2.45, 2.75) is 24.8 Å². The van der Waals surface area contributed by atoms with E-state index in [0.29, 0.717) is 16.9 Å². The monoisotopic (exact) mass is 489 g/mol. The molecule has 1 N–H and O–H groups in total.